The van der Waals surface area contributed by atoms with E-state index in [1.54, 1.807) is 0 Å². The van der Waals surface area contributed by atoms with E-state index in [0.29, 0.717) is 0 Å². The number of hydrogen-bond donors (Lipinski definition) is 2. The fourth-order valence-corrected chi connectivity index (χ4v) is 1.45. The van der Waals surface area contributed by atoms with E-state index < -0.39 is 12.0 Å². The minimum Gasteiger partial charge on any atom is -0.506 e. The van der Waals surface area contributed by atoms with Crippen LogP contribution in [0.5, 0.6) is 11.5 Å². The van der Waals surface area contributed by atoms with Crippen LogP contribution in [0.3, 0.4) is 0 Å². The van der Waals surface area contributed by atoms with Crippen LogP contribution in [-0.2, 0) is 9.53 Å². The van der Waals surface area contributed by atoms with Gasteiger partial charge in [-0.2, -0.15) is 0 Å². The second kappa shape index (κ2) is 5.05. The number of esters is 1. The van der Waals surface area contributed by atoms with Gasteiger partial charge in [-0.3, -0.25) is 0 Å². The number of rotatable bonds is 3. The largest absolute Gasteiger partial charge is 0.506 e. The lowest BCUT2D eigenvalue weighted by atomic mass is 10.1. The summed E-state index contributed by atoms with van der Waals surface area (Å²) < 4.78 is 9.48. The first-order chi connectivity index (χ1) is 7.52. The molecule has 0 aromatic heterocycles. The van der Waals surface area contributed by atoms with Crippen molar-refractivity contribution in [3.8, 4) is 11.5 Å². The Morgan fingerprint density at radius 3 is 2.62 bits per heavy atom. The molecule has 5 nitrogen and oxygen atoms in total. The van der Waals surface area contributed by atoms with Crippen molar-refractivity contribution in [2.45, 2.75) is 6.04 Å². The van der Waals surface area contributed by atoms with Crippen molar-refractivity contribution in [3.63, 3.8) is 0 Å². The number of halogens is 1. The Labute approximate surface area is 97.7 Å². The number of phenolic OH excluding ortho intramolecular Hbond substituents is 1. The number of phenols is 1. The van der Waals surface area contributed by atoms with Gasteiger partial charge in [-0.25, -0.2) is 4.79 Å². The quantitative estimate of drug-likeness (QED) is 0.783. The molecule has 16 heavy (non-hydrogen) atoms. The van der Waals surface area contributed by atoms with Crippen molar-refractivity contribution in [3.05, 3.63) is 22.7 Å². The van der Waals surface area contributed by atoms with Crippen LogP contribution in [0.4, 0.5) is 0 Å². The second-order valence-corrected chi connectivity index (χ2v) is 3.42. The third-order valence-corrected chi connectivity index (χ3v) is 2.42. The van der Waals surface area contributed by atoms with Crippen molar-refractivity contribution in [2.24, 2.45) is 5.73 Å². The topological polar surface area (TPSA) is 81.8 Å². The maximum atomic E-state index is 11.3. The van der Waals surface area contributed by atoms with Crippen molar-refractivity contribution in [1.82, 2.24) is 0 Å². The minimum absolute atomic E-state index is 0.0927. The van der Waals surface area contributed by atoms with E-state index in [1.807, 2.05) is 0 Å². The molecule has 0 saturated carbocycles. The van der Waals surface area contributed by atoms with E-state index in [-0.39, 0.29) is 22.1 Å². The van der Waals surface area contributed by atoms with Crippen LogP contribution >= 0.6 is 11.6 Å². The summed E-state index contributed by atoms with van der Waals surface area (Å²) in [6.07, 6.45) is 0. The fourth-order valence-electron chi connectivity index (χ4n) is 1.29. The van der Waals surface area contributed by atoms with Gasteiger partial charge in [0, 0.05) is 0 Å². The van der Waals surface area contributed by atoms with Gasteiger partial charge in [0.15, 0.2) is 0 Å². The first-order valence-electron chi connectivity index (χ1n) is 4.41. The van der Waals surface area contributed by atoms with Crippen LogP contribution in [-0.4, -0.2) is 25.3 Å². The molecule has 88 valence electrons. The highest BCUT2D eigenvalue weighted by atomic mass is 35.5. The Balaban J connectivity index is 3.29. The zero-order valence-electron chi connectivity index (χ0n) is 8.86. The Hall–Kier alpha value is -1.46. The monoisotopic (exact) mass is 245 g/mol. The molecule has 0 aliphatic heterocycles. The molecular formula is C10H12ClNO4. The smallest absolute Gasteiger partial charge is 0.327 e. The average Bonchev–Trinajstić information content (AvgIpc) is 2.30. The van der Waals surface area contributed by atoms with Crippen molar-refractivity contribution < 1.29 is 19.4 Å². The Morgan fingerprint density at radius 1 is 1.50 bits per heavy atom. The predicted octanol–water partition coefficient (Wildman–Crippen LogP) is 1.23. The molecule has 3 N–H and O–H groups in total. The second-order valence-electron chi connectivity index (χ2n) is 3.01. The third kappa shape index (κ3) is 2.20. The zero-order valence-corrected chi connectivity index (χ0v) is 9.62. The molecular weight excluding hydrogens is 234 g/mol. The summed E-state index contributed by atoms with van der Waals surface area (Å²) in [5.41, 5.74) is 5.73. The third-order valence-electron chi connectivity index (χ3n) is 2.11. The SMILES string of the molecule is COC(=O)[C@@H](N)c1c(OC)ccc(Cl)c1O. The first-order valence-corrected chi connectivity index (χ1v) is 4.79. The summed E-state index contributed by atoms with van der Waals surface area (Å²) >= 11 is 5.72. The molecule has 0 saturated heterocycles. The molecule has 0 aliphatic rings. The van der Waals surface area contributed by atoms with Crippen LogP contribution in [0.2, 0.25) is 5.02 Å². The van der Waals surface area contributed by atoms with Crippen molar-refractivity contribution >= 4 is 17.6 Å². The summed E-state index contributed by atoms with van der Waals surface area (Å²) in [6, 6.07) is 1.82. The van der Waals surface area contributed by atoms with Crippen LogP contribution < -0.4 is 10.5 Å². The summed E-state index contributed by atoms with van der Waals surface area (Å²) in [4.78, 5) is 11.3. The van der Waals surface area contributed by atoms with Crippen molar-refractivity contribution in [1.29, 1.82) is 0 Å². The molecule has 0 radical (unpaired) electrons. The van der Waals surface area contributed by atoms with Gasteiger partial charge < -0.3 is 20.3 Å². The molecule has 0 bridgehead atoms. The summed E-state index contributed by atoms with van der Waals surface area (Å²) in [5.74, 6) is -0.686. The van der Waals surface area contributed by atoms with Gasteiger partial charge in [0.05, 0.1) is 24.8 Å². The number of hydrogen-bond acceptors (Lipinski definition) is 5. The van der Waals surface area contributed by atoms with E-state index in [0.717, 1.165) is 0 Å². The lowest BCUT2D eigenvalue weighted by Gasteiger charge is -2.15. The van der Waals surface area contributed by atoms with E-state index in [2.05, 4.69) is 4.74 Å². The molecule has 1 atom stereocenters. The van der Waals surface area contributed by atoms with Crippen LogP contribution in [0, 0.1) is 0 Å². The van der Waals surface area contributed by atoms with Gasteiger partial charge in [0.2, 0.25) is 0 Å². The molecule has 0 amide bonds. The van der Waals surface area contributed by atoms with Gasteiger partial charge in [-0.15, -0.1) is 0 Å². The van der Waals surface area contributed by atoms with E-state index in [9.17, 15) is 9.90 Å². The molecule has 0 fully saturated rings. The van der Waals surface area contributed by atoms with E-state index in [4.69, 9.17) is 22.1 Å². The van der Waals surface area contributed by atoms with E-state index >= 15 is 0 Å². The molecule has 1 aromatic carbocycles. The summed E-state index contributed by atoms with van der Waals surface area (Å²) in [7, 11) is 2.60. The first kappa shape index (κ1) is 12.6. The maximum absolute atomic E-state index is 11.3. The highest BCUT2D eigenvalue weighted by Gasteiger charge is 2.25. The number of carbonyl (C=O) groups excluding carboxylic acids is 1. The molecule has 0 spiro atoms. The van der Waals surface area contributed by atoms with Crippen molar-refractivity contribution in [2.75, 3.05) is 14.2 Å². The fraction of sp³-hybridized carbons (Fsp3) is 0.300. The Morgan fingerprint density at radius 2 is 2.12 bits per heavy atom. The normalized spacial score (nSPS) is 12.0. The van der Waals surface area contributed by atoms with Crippen LogP contribution in [0.1, 0.15) is 11.6 Å². The van der Waals surface area contributed by atoms with Gasteiger partial charge in [-0.05, 0) is 12.1 Å². The standard InChI is InChI=1S/C10H12ClNO4/c1-15-6-4-3-5(11)9(13)7(6)8(12)10(14)16-2/h3-4,8,13H,12H2,1-2H3/t8-/m0/s1. The number of ether oxygens (including phenoxy) is 2. The highest BCUT2D eigenvalue weighted by molar-refractivity contribution is 6.32. The Bertz CT molecular complexity index is 408. The number of benzene rings is 1. The lowest BCUT2D eigenvalue weighted by Crippen LogP contribution is -2.23. The van der Waals surface area contributed by atoms with Gasteiger partial charge in [0.1, 0.15) is 17.5 Å². The number of methoxy groups -OCH3 is 2. The zero-order chi connectivity index (χ0) is 12.3. The molecule has 1 rings (SSSR count). The molecule has 0 aliphatic carbocycles. The average molecular weight is 246 g/mol. The lowest BCUT2D eigenvalue weighted by molar-refractivity contribution is -0.142. The number of aromatic hydroxyl groups is 1. The van der Waals surface area contributed by atoms with Gasteiger partial charge in [0.25, 0.3) is 0 Å². The molecule has 0 unspecified atom stereocenters. The van der Waals surface area contributed by atoms with Crippen LogP contribution in [0.25, 0.3) is 0 Å². The van der Waals surface area contributed by atoms with E-state index in [1.165, 1.54) is 26.4 Å². The van der Waals surface area contributed by atoms with Gasteiger partial charge in [-0.1, -0.05) is 11.6 Å². The number of nitrogens with two attached hydrogens (primary N) is 1. The highest BCUT2D eigenvalue weighted by Crippen LogP contribution is 2.38. The predicted molar refractivity (Wildman–Crippen MR) is 58.6 cm³/mol. The maximum Gasteiger partial charge on any atom is 0.327 e. The summed E-state index contributed by atoms with van der Waals surface area (Å²) in [6.45, 7) is 0. The Kier molecular flexibility index (Phi) is 3.98. The molecule has 6 heteroatoms. The van der Waals surface area contributed by atoms with Crippen LogP contribution in [0.15, 0.2) is 12.1 Å². The molecule has 1 aromatic rings. The minimum atomic E-state index is -1.14. The van der Waals surface area contributed by atoms with Gasteiger partial charge >= 0.3 is 5.97 Å². The summed E-state index contributed by atoms with van der Waals surface area (Å²) in [5, 5.41) is 9.82. The number of carbonyl (C=O) groups is 1. The molecule has 0 heterocycles.